The number of carbonyl (C=O) groups is 2. The fourth-order valence-corrected chi connectivity index (χ4v) is 9.65. The first kappa shape index (κ1) is 33.8. The summed E-state index contributed by atoms with van der Waals surface area (Å²) in [6.07, 6.45) is 1.12. The second kappa shape index (κ2) is 11.9. The van der Waals surface area contributed by atoms with Crippen molar-refractivity contribution >= 4 is 54.9 Å². The van der Waals surface area contributed by atoms with Crippen LogP contribution in [0.15, 0.2) is 72.5 Å². The monoisotopic (exact) mass is 851 g/mol. The van der Waals surface area contributed by atoms with Crippen molar-refractivity contribution in [3.05, 3.63) is 109 Å². The van der Waals surface area contributed by atoms with Gasteiger partial charge in [0.25, 0.3) is 5.89 Å². The molecule has 0 radical (unpaired) electrons. The molecule has 10 rings (SSSR count). The van der Waals surface area contributed by atoms with Crippen LogP contribution >= 0.6 is 31.9 Å². The Morgan fingerprint density at radius 1 is 1.02 bits per heavy atom. The number of rotatable bonds is 4. The Bertz CT molecular complexity index is 2500. The van der Waals surface area contributed by atoms with Crippen LogP contribution in [0.2, 0.25) is 0 Å². The molecule has 13 heteroatoms. The molecule has 10 bridgehead atoms. The van der Waals surface area contributed by atoms with Gasteiger partial charge in [-0.2, -0.15) is 0 Å². The van der Waals surface area contributed by atoms with Gasteiger partial charge in [0.2, 0.25) is 17.7 Å². The predicted molar refractivity (Wildman–Crippen MR) is 207 cm³/mol. The summed E-state index contributed by atoms with van der Waals surface area (Å²) in [5.74, 6) is 0.627. The molecule has 6 heterocycles. The first-order chi connectivity index (χ1) is 25.9. The Balaban J connectivity index is 1.29. The van der Waals surface area contributed by atoms with Gasteiger partial charge >= 0.3 is 0 Å². The minimum Gasteiger partial charge on any atom is -0.469 e. The van der Waals surface area contributed by atoms with E-state index < -0.39 is 41.6 Å². The highest BCUT2D eigenvalue weighted by Gasteiger charge is 2.62. The van der Waals surface area contributed by atoms with Gasteiger partial charge < -0.3 is 34.6 Å². The van der Waals surface area contributed by atoms with Gasteiger partial charge in [-0.3, -0.25) is 9.59 Å². The Morgan fingerprint density at radius 3 is 2.65 bits per heavy atom. The van der Waals surface area contributed by atoms with E-state index >= 15 is 0 Å². The number of allylic oxidation sites excluding steroid dienone is 1. The second-order valence-electron chi connectivity index (χ2n) is 15.4. The smallest absolute Gasteiger partial charge is 0.250 e. The van der Waals surface area contributed by atoms with Crippen molar-refractivity contribution in [2.75, 3.05) is 5.32 Å². The molecular weight excluding hydrogens is 818 g/mol. The molecule has 0 fully saturated rings. The maximum absolute atomic E-state index is 14.2. The molecule has 1 aliphatic carbocycles. The zero-order valence-corrected chi connectivity index (χ0v) is 32.9. The number of fused-ring (bicyclic) bond motifs is 7. The number of oxazole rings is 2. The minimum absolute atomic E-state index is 0.159. The van der Waals surface area contributed by atoms with Crippen LogP contribution in [-0.2, 0) is 27.8 Å². The number of aliphatic hydroxyl groups excluding tert-OH is 1. The number of benzene rings is 3. The van der Waals surface area contributed by atoms with Gasteiger partial charge in [-0.15, -0.1) is 0 Å². The molecule has 2 amide bonds. The Hall–Kier alpha value is -4.72. The van der Waals surface area contributed by atoms with Gasteiger partial charge in [0.05, 0.1) is 0 Å². The first-order valence-electron chi connectivity index (χ1n) is 18.1. The number of carbonyl (C=O) groups excluding carboxylic acids is 2. The van der Waals surface area contributed by atoms with E-state index in [2.05, 4.69) is 84.2 Å². The van der Waals surface area contributed by atoms with Crippen LogP contribution in [0.3, 0.4) is 0 Å². The number of amides is 2. The molecule has 1 spiro atoms. The number of aliphatic hydroxyl groups is 1. The highest BCUT2D eigenvalue weighted by molar-refractivity contribution is 9.10. The number of aromatic nitrogens is 2. The van der Waals surface area contributed by atoms with Crippen LogP contribution in [0.25, 0.3) is 28.3 Å². The number of halogens is 2. The van der Waals surface area contributed by atoms with Gasteiger partial charge in [-0.05, 0) is 74.6 Å². The zero-order chi connectivity index (χ0) is 37.4. The van der Waals surface area contributed by atoms with Crippen molar-refractivity contribution in [2.45, 2.75) is 70.4 Å². The fourth-order valence-electron chi connectivity index (χ4n) is 8.73. The van der Waals surface area contributed by atoms with Crippen molar-refractivity contribution in [2.24, 2.45) is 11.8 Å². The van der Waals surface area contributed by atoms with Crippen LogP contribution in [0.1, 0.15) is 79.0 Å². The van der Waals surface area contributed by atoms with E-state index in [0.717, 1.165) is 55.5 Å². The number of nitrogens with zero attached hydrogens (tertiary/aromatic N) is 2. The fraction of sp³-hybridized carbons (Fsp3) is 0.317. The predicted octanol–water partition coefficient (Wildman–Crippen LogP) is 7.17. The first-order valence-corrected chi connectivity index (χ1v) is 19.7. The van der Waals surface area contributed by atoms with E-state index in [4.69, 9.17) is 23.5 Å². The Labute approximate surface area is 327 Å². The SMILES string of the molecule is CC(C)[C@H](O)C(=O)NC1Cc2ccc3c(c2)C24c5cc(Br)cc(c5N[C@H]2O3)-c2cccc3c2C(=CC3)c2oc(nc2Br)-c2nc(oc24)[C@H](C(C)C)NC1=O. The number of ether oxygens (including phenoxy) is 1. The summed E-state index contributed by atoms with van der Waals surface area (Å²) in [4.78, 5) is 37.6. The number of hydrogen-bond acceptors (Lipinski definition) is 9. The van der Waals surface area contributed by atoms with Gasteiger partial charge in [0.15, 0.2) is 28.0 Å². The van der Waals surface area contributed by atoms with E-state index in [-0.39, 0.29) is 30.0 Å². The van der Waals surface area contributed by atoms with Crippen LogP contribution in [0.5, 0.6) is 5.75 Å². The van der Waals surface area contributed by atoms with Crippen molar-refractivity contribution < 1.29 is 28.3 Å². The average molecular weight is 854 g/mol. The molecule has 4 aliphatic heterocycles. The standard InChI is InChI=1S/C41H35Br2N5O6/c1-16(2)29-38-46-31-34(54-38)41-24-12-18(13-26(36(50)45-29)44-37(51)32(49)17(3)4)8-11-27(24)52-40(41)47-30-23(14-20(42)15-25(30)41)21-7-5-6-19-9-10-22(28(19)21)33-35(43)48-39(31)53-33/h5-8,10-12,14-17,26,29,32,40,47,49H,9,13H2,1-4H3,(H,44,51)(H,45,50)/t26?,29-,32-,40-,41?/m0/s1. The summed E-state index contributed by atoms with van der Waals surface area (Å²) in [6.45, 7) is 7.44. The lowest BCUT2D eigenvalue weighted by atomic mass is 9.72. The zero-order valence-electron chi connectivity index (χ0n) is 29.7. The topological polar surface area (TPSA) is 152 Å². The molecule has 2 unspecified atom stereocenters. The van der Waals surface area contributed by atoms with Crippen LogP contribution < -0.4 is 20.7 Å². The summed E-state index contributed by atoms with van der Waals surface area (Å²) in [5.41, 5.74) is 7.88. The molecule has 3 aromatic carbocycles. The van der Waals surface area contributed by atoms with Crippen molar-refractivity contribution in [1.82, 2.24) is 20.6 Å². The van der Waals surface area contributed by atoms with E-state index in [1.807, 2.05) is 32.0 Å². The third-order valence-corrected chi connectivity index (χ3v) is 12.4. The lowest BCUT2D eigenvalue weighted by Crippen LogP contribution is -2.52. The van der Waals surface area contributed by atoms with Gasteiger partial charge in [0, 0.05) is 38.8 Å². The van der Waals surface area contributed by atoms with E-state index in [1.165, 1.54) is 5.56 Å². The largest absolute Gasteiger partial charge is 0.469 e. The van der Waals surface area contributed by atoms with Crippen molar-refractivity contribution in [3.8, 4) is 28.5 Å². The third kappa shape index (κ3) is 4.67. The van der Waals surface area contributed by atoms with Crippen molar-refractivity contribution in [3.63, 3.8) is 0 Å². The van der Waals surface area contributed by atoms with Crippen LogP contribution in [0, 0.1) is 11.8 Å². The molecule has 0 saturated carbocycles. The second-order valence-corrected chi connectivity index (χ2v) is 17.0. The van der Waals surface area contributed by atoms with Crippen LogP contribution in [-0.4, -0.2) is 45.3 Å². The molecular formula is C41H35Br2N5O6. The Morgan fingerprint density at radius 2 is 1.85 bits per heavy atom. The molecule has 54 heavy (non-hydrogen) atoms. The molecule has 11 nitrogen and oxygen atoms in total. The lowest BCUT2D eigenvalue weighted by Gasteiger charge is -2.29. The minimum atomic E-state index is -1.28. The quantitative estimate of drug-likeness (QED) is 0.148. The summed E-state index contributed by atoms with van der Waals surface area (Å²) >= 11 is 7.62. The highest BCUT2D eigenvalue weighted by atomic mass is 79.9. The molecule has 0 saturated heterocycles. The van der Waals surface area contributed by atoms with Crippen molar-refractivity contribution in [1.29, 1.82) is 0 Å². The third-order valence-electron chi connectivity index (χ3n) is 11.4. The summed E-state index contributed by atoms with van der Waals surface area (Å²) in [6, 6.07) is 14.7. The number of hydrogen-bond donors (Lipinski definition) is 4. The maximum Gasteiger partial charge on any atom is 0.250 e. The van der Waals surface area contributed by atoms with Gasteiger partial charge in [0.1, 0.15) is 29.4 Å². The Kier molecular flexibility index (Phi) is 7.45. The lowest BCUT2D eigenvalue weighted by molar-refractivity contribution is -0.135. The average Bonchev–Trinajstić information content (AvgIpc) is 3.95. The summed E-state index contributed by atoms with van der Waals surface area (Å²) in [7, 11) is 0. The molecule has 4 N–H and O–H groups in total. The van der Waals surface area contributed by atoms with Gasteiger partial charge in [-0.1, -0.05) is 80.0 Å². The van der Waals surface area contributed by atoms with Crippen LogP contribution in [0.4, 0.5) is 5.69 Å². The molecule has 274 valence electrons. The van der Waals surface area contributed by atoms with E-state index in [9.17, 15) is 14.7 Å². The molecule has 5 aliphatic rings. The molecule has 5 atom stereocenters. The maximum atomic E-state index is 14.2. The van der Waals surface area contributed by atoms with E-state index in [1.54, 1.807) is 13.8 Å². The molecule has 5 aromatic rings. The molecule has 2 aromatic heterocycles. The van der Waals surface area contributed by atoms with E-state index in [0.29, 0.717) is 27.6 Å². The highest BCUT2D eigenvalue weighted by Crippen LogP contribution is 2.62. The summed E-state index contributed by atoms with van der Waals surface area (Å²) < 4.78 is 22.0. The number of anilines is 1. The normalized spacial score (nSPS) is 23.0. The van der Waals surface area contributed by atoms with Gasteiger partial charge in [-0.25, -0.2) is 9.97 Å². The number of nitrogens with one attached hydrogen (secondary N) is 3. The summed E-state index contributed by atoms with van der Waals surface area (Å²) in [5, 5.41) is 20.4.